The molecule has 14 heavy (non-hydrogen) atoms. The molecule has 0 spiro atoms. The molecule has 0 saturated carbocycles. The van der Waals surface area contributed by atoms with Crippen LogP contribution in [0.15, 0.2) is 24.3 Å². The van der Waals surface area contributed by atoms with E-state index in [9.17, 15) is 0 Å². The number of methoxy groups -OCH3 is 1. The molecule has 0 aliphatic rings. The lowest BCUT2D eigenvalue weighted by Crippen LogP contribution is -1.90. The van der Waals surface area contributed by atoms with Gasteiger partial charge in [0, 0.05) is 17.1 Å². The van der Waals surface area contributed by atoms with Gasteiger partial charge in [0.25, 0.3) is 0 Å². The molecule has 0 fully saturated rings. The molecule has 1 rings (SSSR count). The van der Waals surface area contributed by atoms with Crippen molar-refractivity contribution in [2.24, 2.45) is 0 Å². The molecule has 0 amide bonds. The van der Waals surface area contributed by atoms with Gasteiger partial charge in [-0.25, -0.2) is 0 Å². The van der Waals surface area contributed by atoms with Gasteiger partial charge in [0.2, 0.25) is 0 Å². The number of hydrogen-bond acceptors (Lipinski definition) is 2. The number of benzene rings is 1. The third-order valence-corrected chi connectivity index (χ3v) is 2.09. The fraction of sp³-hybridized carbons (Fsp3) is 0.273. The Balaban J connectivity index is 2.83. The average molecular weight is 212 g/mol. The molecule has 2 N–H and O–H groups in total. The van der Waals surface area contributed by atoms with E-state index in [4.69, 9.17) is 22.1 Å². The largest absolute Gasteiger partial charge is 0.497 e. The van der Waals surface area contributed by atoms with E-state index < -0.39 is 0 Å². The van der Waals surface area contributed by atoms with Crippen molar-refractivity contribution >= 4 is 23.4 Å². The van der Waals surface area contributed by atoms with Crippen molar-refractivity contribution in [3.05, 3.63) is 29.8 Å². The molecular formula is C11H14ClNO. The van der Waals surface area contributed by atoms with Crippen LogP contribution in [0.1, 0.15) is 12.0 Å². The highest BCUT2D eigenvalue weighted by Gasteiger charge is 1.97. The second-order valence-corrected chi connectivity index (χ2v) is 3.25. The predicted molar refractivity (Wildman–Crippen MR) is 61.8 cm³/mol. The SMILES string of the molecule is COc1ccc(N)c(C=CCCCl)c1. The lowest BCUT2D eigenvalue weighted by Gasteiger charge is -2.03. The van der Waals surface area contributed by atoms with Crippen LogP contribution in [0.3, 0.4) is 0 Å². The zero-order valence-electron chi connectivity index (χ0n) is 8.16. The van der Waals surface area contributed by atoms with Crippen LogP contribution in [0.2, 0.25) is 0 Å². The summed E-state index contributed by atoms with van der Waals surface area (Å²) in [6, 6.07) is 5.58. The number of anilines is 1. The summed E-state index contributed by atoms with van der Waals surface area (Å²) < 4.78 is 5.10. The zero-order chi connectivity index (χ0) is 10.4. The van der Waals surface area contributed by atoms with Crippen molar-refractivity contribution in [2.75, 3.05) is 18.7 Å². The topological polar surface area (TPSA) is 35.2 Å². The number of hydrogen-bond donors (Lipinski definition) is 1. The highest BCUT2D eigenvalue weighted by Crippen LogP contribution is 2.20. The molecule has 0 aliphatic carbocycles. The predicted octanol–water partition coefficient (Wildman–Crippen LogP) is 2.92. The monoisotopic (exact) mass is 211 g/mol. The van der Waals surface area contributed by atoms with Gasteiger partial charge in [-0.3, -0.25) is 0 Å². The molecule has 2 nitrogen and oxygen atoms in total. The maximum atomic E-state index is 5.79. The van der Waals surface area contributed by atoms with E-state index >= 15 is 0 Å². The second-order valence-electron chi connectivity index (χ2n) is 2.87. The van der Waals surface area contributed by atoms with Gasteiger partial charge in [0.1, 0.15) is 5.75 Å². The van der Waals surface area contributed by atoms with Crippen LogP contribution in [0.4, 0.5) is 5.69 Å². The molecule has 3 heteroatoms. The molecule has 0 unspecified atom stereocenters. The summed E-state index contributed by atoms with van der Waals surface area (Å²) in [5.41, 5.74) is 7.50. The number of nitrogens with two attached hydrogens (primary N) is 1. The van der Waals surface area contributed by atoms with Crippen LogP contribution < -0.4 is 10.5 Å². The minimum atomic E-state index is 0.625. The first-order valence-electron chi connectivity index (χ1n) is 4.44. The Kier molecular flexibility index (Phi) is 4.33. The molecular weight excluding hydrogens is 198 g/mol. The molecule has 0 heterocycles. The van der Waals surface area contributed by atoms with Gasteiger partial charge >= 0.3 is 0 Å². The minimum Gasteiger partial charge on any atom is -0.497 e. The molecule has 0 aliphatic heterocycles. The fourth-order valence-corrected chi connectivity index (χ4v) is 1.22. The van der Waals surface area contributed by atoms with Gasteiger partial charge in [-0.1, -0.05) is 12.2 Å². The third kappa shape index (κ3) is 2.96. The Bertz CT molecular complexity index is 323. The van der Waals surface area contributed by atoms with Crippen molar-refractivity contribution in [3.63, 3.8) is 0 Å². The quantitative estimate of drug-likeness (QED) is 0.614. The first kappa shape index (κ1) is 10.9. The minimum absolute atomic E-state index is 0.625. The molecule has 1 aromatic carbocycles. The number of rotatable bonds is 4. The van der Waals surface area contributed by atoms with Crippen LogP contribution in [0, 0.1) is 0 Å². The van der Waals surface area contributed by atoms with Gasteiger partial charge in [-0.15, -0.1) is 11.6 Å². The molecule has 1 aromatic rings. The maximum Gasteiger partial charge on any atom is 0.119 e. The summed E-state index contributed by atoms with van der Waals surface area (Å²) in [4.78, 5) is 0. The number of ether oxygens (including phenoxy) is 1. The lowest BCUT2D eigenvalue weighted by atomic mass is 10.1. The standard InChI is InChI=1S/C11H14ClNO/c1-14-10-5-6-11(13)9(8-10)4-2-3-7-12/h2,4-6,8H,3,7,13H2,1H3. The molecule has 0 bridgehead atoms. The van der Waals surface area contributed by atoms with E-state index in [2.05, 4.69) is 0 Å². The van der Waals surface area contributed by atoms with E-state index in [-0.39, 0.29) is 0 Å². The number of halogens is 1. The van der Waals surface area contributed by atoms with Crippen molar-refractivity contribution in [1.82, 2.24) is 0 Å². The van der Waals surface area contributed by atoms with Crippen LogP contribution in [0.25, 0.3) is 6.08 Å². The van der Waals surface area contributed by atoms with Crippen molar-refractivity contribution in [3.8, 4) is 5.75 Å². The van der Waals surface area contributed by atoms with Gasteiger partial charge in [-0.05, 0) is 24.6 Å². The molecule has 0 atom stereocenters. The Morgan fingerprint density at radius 2 is 2.29 bits per heavy atom. The van der Waals surface area contributed by atoms with E-state index in [1.807, 2.05) is 30.4 Å². The van der Waals surface area contributed by atoms with E-state index in [1.54, 1.807) is 7.11 Å². The first-order chi connectivity index (χ1) is 6.77. The number of nitrogen functional groups attached to an aromatic ring is 1. The van der Waals surface area contributed by atoms with Crippen LogP contribution in [-0.4, -0.2) is 13.0 Å². The summed E-state index contributed by atoms with van der Waals surface area (Å²) in [6.07, 6.45) is 4.80. The first-order valence-corrected chi connectivity index (χ1v) is 4.97. The van der Waals surface area contributed by atoms with Crippen LogP contribution in [-0.2, 0) is 0 Å². The van der Waals surface area contributed by atoms with Crippen molar-refractivity contribution in [2.45, 2.75) is 6.42 Å². The highest BCUT2D eigenvalue weighted by atomic mass is 35.5. The van der Waals surface area contributed by atoms with Gasteiger partial charge in [0.05, 0.1) is 7.11 Å². The Hall–Kier alpha value is -1.15. The number of allylic oxidation sites excluding steroid dienone is 1. The van der Waals surface area contributed by atoms with Gasteiger partial charge < -0.3 is 10.5 Å². The summed E-state index contributed by atoms with van der Waals surface area (Å²) in [5, 5.41) is 0. The fourth-order valence-electron chi connectivity index (χ4n) is 1.10. The Morgan fingerprint density at radius 3 is 2.93 bits per heavy atom. The van der Waals surface area contributed by atoms with Crippen LogP contribution in [0.5, 0.6) is 5.75 Å². The maximum absolute atomic E-state index is 5.79. The van der Waals surface area contributed by atoms with Crippen molar-refractivity contribution in [1.29, 1.82) is 0 Å². The zero-order valence-corrected chi connectivity index (χ0v) is 8.92. The molecule has 0 aromatic heterocycles. The van der Waals surface area contributed by atoms with Gasteiger partial charge in [0.15, 0.2) is 0 Å². The summed E-state index contributed by atoms with van der Waals surface area (Å²) >= 11 is 5.56. The van der Waals surface area contributed by atoms with E-state index in [1.165, 1.54) is 0 Å². The van der Waals surface area contributed by atoms with E-state index in [0.29, 0.717) is 5.88 Å². The van der Waals surface area contributed by atoms with Crippen LogP contribution >= 0.6 is 11.6 Å². The van der Waals surface area contributed by atoms with E-state index in [0.717, 1.165) is 23.4 Å². The third-order valence-electron chi connectivity index (χ3n) is 1.87. The Labute approximate surface area is 89.3 Å². The average Bonchev–Trinajstić information content (AvgIpc) is 2.21. The second kappa shape index (κ2) is 5.55. The lowest BCUT2D eigenvalue weighted by molar-refractivity contribution is 0.415. The Morgan fingerprint density at radius 1 is 1.50 bits per heavy atom. The normalized spacial score (nSPS) is 10.7. The molecule has 76 valence electrons. The molecule has 0 saturated heterocycles. The van der Waals surface area contributed by atoms with Crippen molar-refractivity contribution < 1.29 is 4.74 Å². The smallest absolute Gasteiger partial charge is 0.119 e. The highest BCUT2D eigenvalue weighted by molar-refractivity contribution is 6.17. The summed E-state index contributed by atoms with van der Waals surface area (Å²) in [7, 11) is 1.64. The molecule has 0 radical (unpaired) electrons. The summed E-state index contributed by atoms with van der Waals surface area (Å²) in [5.74, 6) is 1.44. The number of alkyl halides is 1. The summed E-state index contributed by atoms with van der Waals surface area (Å²) in [6.45, 7) is 0. The van der Waals surface area contributed by atoms with Gasteiger partial charge in [-0.2, -0.15) is 0 Å².